The van der Waals surface area contributed by atoms with Gasteiger partial charge in [0.1, 0.15) is 16.1 Å². The van der Waals surface area contributed by atoms with Crippen molar-refractivity contribution in [2.45, 2.75) is 36.7 Å². The zero-order valence-electron chi connectivity index (χ0n) is 22.5. The highest BCUT2D eigenvalue weighted by atomic mass is 32.2. The molecule has 0 fully saturated rings. The zero-order chi connectivity index (χ0) is 28.2. The molecule has 39 heavy (non-hydrogen) atoms. The summed E-state index contributed by atoms with van der Waals surface area (Å²) in [6.07, 6.45) is -0.374. The number of sulfonamides is 1. The van der Waals surface area contributed by atoms with Gasteiger partial charge in [-0.2, -0.15) is 0 Å². The first kappa shape index (κ1) is 28.9. The fourth-order valence-electron chi connectivity index (χ4n) is 4.57. The average Bonchev–Trinajstić information content (AvgIpc) is 3.47. The van der Waals surface area contributed by atoms with Crippen LogP contribution in [0.2, 0.25) is 0 Å². The van der Waals surface area contributed by atoms with Gasteiger partial charge in [-0.25, -0.2) is 8.42 Å². The van der Waals surface area contributed by atoms with E-state index in [4.69, 9.17) is 9.47 Å². The van der Waals surface area contributed by atoms with E-state index in [2.05, 4.69) is 9.62 Å². The highest BCUT2D eigenvalue weighted by molar-refractivity contribution is 7.94. The number of nitrogens with one attached hydrogen (secondary N) is 1. The molecule has 3 aromatic rings. The van der Waals surface area contributed by atoms with Crippen LogP contribution in [0.4, 0.5) is 5.69 Å². The van der Waals surface area contributed by atoms with Crippen molar-refractivity contribution in [3.8, 4) is 11.5 Å². The third kappa shape index (κ3) is 6.73. The van der Waals surface area contributed by atoms with Crippen molar-refractivity contribution in [3.05, 3.63) is 71.1 Å². The van der Waals surface area contributed by atoms with E-state index >= 15 is 0 Å². The second kappa shape index (κ2) is 12.4. The molecule has 9 nitrogen and oxygen atoms in total. The van der Waals surface area contributed by atoms with Crippen molar-refractivity contribution in [1.29, 1.82) is 0 Å². The van der Waals surface area contributed by atoms with Gasteiger partial charge in [-0.3, -0.25) is 14.4 Å². The molecule has 4 rings (SSSR count). The standard InChI is InChI=1S/C28H35N3O6S2/c1-19-15-31(20(2)18-32)28(33)23-7-5-8-24(29-39(34,35)26-9-6-14-38-26)27(23)37-25(19)17-30(3)16-21-10-12-22(36-4)13-11-21/h5-14,19-20,25,29,32H,15-18H2,1-4H3/t19-,20+,25+/m0/s1. The van der Waals surface area contributed by atoms with Gasteiger partial charge >= 0.3 is 0 Å². The monoisotopic (exact) mass is 573 g/mol. The number of aliphatic hydroxyl groups excluding tert-OH is 1. The average molecular weight is 574 g/mol. The molecule has 3 atom stereocenters. The molecule has 1 amide bonds. The summed E-state index contributed by atoms with van der Waals surface area (Å²) in [5, 5.41) is 11.6. The summed E-state index contributed by atoms with van der Waals surface area (Å²) in [5.74, 6) is 0.541. The maximum Gasteiger partial charge on any atom is 0.271 e. The van der Waals surface area contributed by atoms with Crippen LogP contribution in [-0.2, 0) is 16.6 Å². The first-order valence-electron chi connectivity index (χ1n) is 12.7. The summed E-state index contributed by atoms with van der Waals surface area (Å²) in [4.78, 5) is 17.4. The van der Waals surface area contributed by atoms with Crippen LogP contribution in [0.3, 0.4) is 0 Å². The summed E-state index contributed by atoms with van der Waals surface area (Å²) in [5.41, 5.74) is 1.55. The van der Waals surface area contributed by atoms with E-state index < -0.39 is 16.1 Å². The maximum absolute atomic E-state index is 13.6. The number of aliphatic hydroxyl groups is 1. The minimum absolute atomic E-state index is 0.114. The van der Waals surface area contributed by atoms with Crippen molar-refractivity contribution in [3.63, 3.8) is 0 Å². The number of fused-ring (bicyclic) bond motifs is 1. The molecule has 2 N–H and O–H groups in total. The van der Waals surface area contributed by atoms with Crippen molar-refractivity contribution < 1.29 is 27.8 Å². The number of thiophene rings is 1. The number of ether oxygens (including phenoxy) is 2. The highest BCUT2D eigenvalue weighted by Crippen LogP contribution is 2.36. The van der Waals surface area contributed by atoms with Gasteiger partial charge in [0.2, 0.25) is 0 Å². The van der Waals surface area contributed by atoms with Gasteiger partial charge in [0.05, 0.1) is 31.0 Å². The zero-order valence-corrected chi connectivity index (χ0v) is 24.2. The molecular weight excluding hydrogens is 538 g/mol. The topological polar surface area (TPSA) is 108 Å². The number of rotatable bonds is 10. The third-order valence-corrected chi connectivity index (χ3v) is 9.56. The number of carbonyl (C=O) groups excluding carboxylic acids is 1. The lowest BCUT2D eigenvalue weighted by molar-refractivity contribution is 0.0344. The Morgan fingerprint density at radius 1 is 1.21 bits per heavy atom. The van der Waals surface area contributed by atoms with Crippen molar-refractivity contribution >= 4 is 33.0 Å². The van der Waals surface area contributed by atoms with Gasteiger partial charge < -0.3 is 19.5 Å². The largest absolute Gasteiger partial charge is 0.497 e. The van der Waals surface area contributed by atoms with E-state index in [1.54, 1.807) is 48.6 Å². The number of carbonyl (C=O) groups is 1. The van der Waals surface area contributed by atoms with Crippen LogP contribution in [0.1, 0.15) is 29.8 Å². The van der Waals surface area contributed by atoms with Crippen LogP contribution in [0, 0.1) is 5.92 Å². The van der Waals surface area contributed by atoms with Gasteiger partial charge in [-0.1, -0.05) is 31.2 Å². The van der Waals surface area contributed by atoms with Crippen molar-refractivity contribution in [2.24, 2.45) is 5.92 Å². The molecule has 1 aliphatic rings. The lowest BCUT2D eigenvalue weighted by atomic mass is 9.99. The van der Waals surface area contributed by atoms with Crippen LogP contribution < -0.4 is 14.2 Å². The van der Waals surface area contributed by atoms with Gasteiger partial charge in [0, 0.05) is 25.6 Å². The number of para-hydroxylation sites is 1. The molecule has 1 aromatic heterocycles. The van der Waals surface area contributed by atoms with Crippen LogP contribution >= 0.6 is 11.3 Å². The highest BCUT2D eigenvalue weighted by Gasteiger charge is 2.35. The normalized spacial score (nSPS) is 18.6. The van der Waals surface area contributed by atoms with E-state index in [1.165, 1.54) is 6.07 Å². The molecule has 0 aliphatic carbocycles. The summed E-state index contributed by atoms with van der Waals surface area (Å²) in [6, 6.07) is 15.5. The third-order valence-electron chi connectivity index (χ3n) is 6.80. The molecule has 0 bridgehead atoms. The van der Waals surface area contributed by atoms with Crippen LogP contribution in [-0.4, -0.2) is 75.2 Å². The molecule has 210 valence electrons. The Bertz CT molecular complexity index is 1360. The van der Waals surface area contributed by atoms with E-state index in [0.717, 1.165) is 22.6 Å². The van der Waals surface area contributed by atoms with Gasteiger partial charge in [-0.15, -0.1) is 11.3 Å². The van der Waals surface area contributed by atoms with E-state index in [-0.39, 0.29) is 45.7 Å². The summed E-state index contributed by atoms with van der Waals surface area (Å²) < 4.78 is 40.7. The molecule has 11 heteroatoms. The first-order chi connectivity index (χ1) is 18.6. The Balaban J connectivity index is 1.67. The lowest BCUT2D eigenvalue weighted by Gasteiger charge is -2.38. The smallest absolute Gasteiger partial charge is 0.271 e. The predicted octanol–water partition coefficient (Wildman–Crippen LogP) is 3.91. The van der Waals surface area contributed by atoms with Crippen molar-refractivity contribution in [2.75, 3.05) is 38.6 Å². The minimum atomic E-state index is -3.87. The Hall–Kier alpha value is -3.12. The number of methoxy groups -OCH3 is 1. The molecule has 0 unspecified atom stereocenters. The molecule has 0 saturated heterocycles. The van der Waals surface area contributed by atoms with E-state index in [9.17, 15) is 18.3 Å². The number of benzene rings is 2. The van der Waals surface area contributed by atoms with Crippen LogP contribution in [0.5, 0.6) is 11.5 Å². The summed E-state index contributed by atoms with van der Waals surface area (Å²) in [7, 11) is -0.252. The van der Waals surface area contributed by atoms with Gasteiger partial charge in [0.25, 0.3) is 15.9 Å². The second-order valence-electron chi connectivity index (χ2n) is 9.89. The van der Waals surface area contributed by atoms with Crippen LogP contribution in [0.15, 0.2) is 64.2 Å². The molecule has 2 aromatic carbocycles. The van der Waals surface area contributed by atoms with E-state index in [0.29, 0.717) is 19.6 Å². The lowest BCUT2D eigenvalue weighted by Crippen LogP contribution is -2.49. The molecule has 0 spiro atoms. The predicted molar refractivity (Wildman–Crippen MR) is 152 cm³/mol. The number of hydrogen-bond donors (Lipinski definition) is 2. The van der Waals surface area contributed by atoms with Gasteiger partial charge in [0.15, 0.2) is 5.75 Å². The fourth-order valence-corrected chi connectivity index (χ4v) is 6.62. The Morgan fingerprint density at radius 3 is 2.59 bits per heavy atom. The number of anilines is 1. The van der Waals surface area contributed by atoms with Gasteiger partial charge in [-0.05, 0) is 55.2 Å². The molecular formula is C28H35N3O6S2. The summed E-state index contributed by atoms with van der Waals surface area (Å²) in [6.45, 7) is 5.16. The quantitative estimate of drug-likeness (QED) is 0.379. The number of amides is 1. The first-order valence-corrected chi connectivity index (χ1v) is 15.1. The number of hydrogen-bond acceptors (Lipinski definition) is 8. The molecule has 0 radical (unpaired) electrons. The maximum atomic E-state index is 13.6. The SMILES string of the molecule is COc1ccc(CN(C)C[C@H]2Oc3c(NS(=O)(=O)c4cccs4)cccc3C(=O)N([C@H](C)CO)C[C@@H]2C)cc1. The van der Waals surface area contributed by atoms with Crippen molar-refractivity contribution in [1.82, 2.24) is 9.80 Å². The second-order valence-corrected chi connectivity index (χ2v) is 12.7. The van der Waals surface area contributed by atoms with Crippen LogP contribution in [0.25, 0.3) is 0 Å². The molecule has 1 aliphatic heterocycles. The minimum Gasteiger partial charge on any atom is -0.497 e. The summed E-state index contributed by atoms with van der Waals surface area (Å²) >= 11 is 1.11. The Kier molecular flexibility index (Phi) is 9.16. The molecule has 2 heterocycles. The number of likely N-dealkylation sites (N-methyl/N-ethyl adjacent to an activating group) is 1. The number of nitrogens with zero attached hydrogens (tertiary/aromatic N) is 2. The molecule has 0 saturated carbocycles. The Morgan fingerprint density at radius 2 is 1.95 bits per heavy atom. The fraction of sp³-hybridized carbons (Fsp3) is 0.393. The Labute approximate surface area is 234 Å². The van der Waals surface area contributed by atoms with E-state index in [1.807, 2.05) is 38.2 Å².